The van der Waals surface area contributed by atoms with Crippen molar-refractivity contribution in [2.75, 3.05) is 10.6 Å². The number of benzene rings is 1. The van der Waals surface area contributed by atoms with Crippen LogP contribution in [0.1, 0.15) is 59.8 Å². The van der Waals surface area contributed by atoms with Crippen LogP contribution in [-0.2, 0) is 16.1 Å². The molecule has 4 aromatic heterocycles. The molecule has 2 atom stereocenters. The van der Waals surface area contributed by atoms with Crippen LogP contribution in [0.3, 0.4) is 0 Å². The largest absolute Gasteiger partial charge is 0.444 e. The first-order valence-electron chi connectivity index (χ1n) is 14.2. The van der Waals surface area contributed by atoms with Crippen molar-refractivity contribution in [1.29, 1.82) is 0 Å². The summed E-state index contributed by atoms with van der Waals surface area (Å²) in [7, 11) is 0. The summed E-state index contributed by atoms with van der Waals surface area (Å²) in [6.45, 7) is 5.39. The zero-order valence-corrected chi connectivity index (χ0v) is 26.7. The van der Waals surface area contributed by atoms with E-state index in [9.17, 15) is 28.7 Å². The Kier molecular flexibility index (Phi) is 8.52. The van der Waals surface area contributed by atoms with Crippen LogP contribution in [0.15, 0.2) is 53.6 Å². The third-order valence-electron chi connectivity index (χ3n) is 6.87. The van der Waals surface area contributed by atoms with Crippen LogP contribution in [-0.4, -0.2) is 53.3 Å². The summed E-state index contributed by atoms with van der Waals surface area (Å²) in [4.78, 5) is 60.9. The SMILES string of the molecule is CC(C)(C)OC(=O)Nc1cc2sc(CNC(=O)[C@@H]3C[C@@H](O)c4ncc(NC(=O)c5nnc(-c6ccccc6F)s5)c(=O)n43)cc2cn1. The number of aromatic nitrogens is 5. The van der Waals surface area contributed by atoms with E-state index >= 15 is 0 Å². The summed E-state index contributed by atoms with van der Waals surface area (Å²) >= 11 is 2.22. The van der Waals surface area contributed by atoms with E-state index < -0.39 is 47.0 Å². The highest BCUT2D eigenvalue weighted by Crippen LogP contribution is 2.33. The van der Waals surface area contributed by atoms with Gasteiger partial charge < -0.3 is 20.5 Å². The van der Waals surface area contributed by atoms with E-state index in [-0.39, 0.29) is 40.1 Å². The Morgan fingerprint density at radius 2 is 1.87 bits per heavy atom. The Labute approximate surface area is 273 Å². The summed E-state index contributed by atoms with van der Waals surface area (Å²) in [5.41, 5.74) is -1.46. The molecule has 0 fully saturated rings. The molecule has 0 radical (unpaired) electrons. The van der Waals surface area contributed by atoms with Gasteiger partial charge in [-0.3, -0.25) is 24.3 Å². The minimum absolute atomic E-state index is 0.0103. The van der Waals surface area contributed by atoms with Crippen LogP contribution in [0.2, 0.25) is 0 Å². The molecule has 5 heterocycles. The number of thiophene rings is 1. The van der Waals surface area contributed by atoms with Crippen LogP contribution in [0.5, 0.6) is 0 Å². The summed E-state index contributed by atoms with van der Waals surface area (Å²) in [6, 6.07) is 8.37. The molecule has 1 aromatic carbocycles. The predicted molar refractivity (Wildman–Crippen MR) is 172 cm³/mol. The van der Waals surface area contributed by atoms with Gasteiger partial charge in [0.1, 0.15) is 40.9 Å². The van der Waals surface area contributed by atoms with Gasteiger partial charge >= 0.3 is 6.09 Å². The molecule has 47 heavy (non-hydrogen) atoms. The molecule has 0 saturated heterocycles. The highest BCUT2D eigenvalue weighted by Gasteiger charge is 2.37. The summed E-state index contributed by atoms with van der Waals surface area (Å²) < 4.78 is 21.3. The number of ether oxygens (including phenoxy) is 1. The van der Waals surface area contributed by atoms with Gasteiger partial charge in [-0.25, -0.2) is 19.2 Å². The van der Waals surface area contributed by atoms with Gasteiger partial charge in [0.15, 0.2) is 5.01 Å². The van der Waals surface area contributed by atoms with Crippen molar-refractivity contribution in [2.24, 2.45) is 0 Å². The number of fused-ring (bicyclic) bond motifs is 2. The van der Waals surface area contributed by atoms with Crippen molar-refractivity contribution in [1.82, 2.24) is 30.0 Å². The normalized spacial score (nSPS) is 15.7. The van der Waals surface area contributed by atoms with E-state index in [1.807, 2.05) is 6.07 Å². The van der Waals surface area contributed by atoms with Crippen molar-refractivity contribution in [3.8, 4) is 10.6 Å². The topological polar surface area (TPSA) is 190 Å². The highest BCUT2D eigenvalue weighted by molar-refractivity contribution is 7.19. The molecule has 3 amide bonds. The average Bonchev–Trinajstić information content (AvgIpc) is 3.74. The molecule has 0 unspecified atom stereocenters. The third kappa shape index (κ3) is 6.86. The van der Waals surface area contributed by atoms with Crippen molar-refractivity contribution in [3.05, 3.63) is 80.7 Å². The van der Waals surface area contributed by atoms with E-state index in [0.29, 0.717) is 5.82 Å². The van der Waals surface area contributed by atoms with Gasteiger partial charge in [0.05, 0.1) is 12.7 Å². The van der Waals surface area contributed by atoms with Gasteiger partial charge in [0, 0.05) is 33.1 Å². The fourth-order valence-corrected chi connectivity index (χ4v) is 6.62. The second-order valence-electron chi connectivity index (χ2n) is 11.5. The van der Waals surface area contributed by atoms with Crippen LogP contribution in [0.25, 0.3) is 20.7 Å². The molecule has 14 nitrogen and oxygen atoms in total. The maximum Gasteiger partial charge on any atom is 0.413 e. The van der Waals surface area contributed by atoms with E-state index in [0.717, 1.165) is 37.1 Å². The number of rotatable bonds is 7. The second kappa shape index (κ2) is 12.6. The predicted octanol–water partition coefficient (Wildman–Crippen LogP) is 4.40. The molecule has 0 bridgehead atoms. The number of nitrogens with one attached hydrogen (secondary N) is 3. The lowest BCUT2D eigenvalue weighted by molar-refractivity contribution is -0.124. The Morgan fingerprint density at radius 3 is 2.64 bits per heavy atom. The second-order valence-corrected chi connectivity index (χ2v) is 13.6. The standard InChI is InChI=1S/C30H27FN8O6S2/c1-30(2,3)45-29(44)36-22-10-21-14(11-32-22)8-15(46-21)12-34-24(41)19-9-20(40)23-33-13-18(28(43)39(19)23)35-25(42)27-38-37-26(47-27)16-6-4-5-7-17(16)31/h4-8,10-11,13,19-20,40H,9,12H2,1-3H3,(H,34,41)(H,35,42)(H,32,36,44)/t19-,20+/m0/s1. The number of aliphatic hydroxyl groups is 1. The number of amides is 3. The molecular formula is C30H27FN8O6S2. The fourth-order valence-electron chi connectivity index (χ4n) is 4.84. The van der Waals surface area contributed by atoms with E-state index in [4.69, 9.17) is 4.74 Å². The number of hydrogen-bond donors (Lipinski definition) is 4. The lowest BCUT2D eigenvalue weighted by Gasteiger charge is -2.19. The Balaban J connectivity index is 1.13. The summed E-state index contributed by atoms with van der Waals surface area (Å²) in [6.07, 6.45) is 0.793. The molecule has 4 N–H and O–H groups in total. The molecule has 5 aromatic rings. The maximum atomic E-state index is 14.2. The number of aliphatic hydroxyl groups excluding tert-OH is 1. The van der Waals surface area contributed by atoms with Crippen molar-refractivity contribution >= 4 is 62.2 Å². The van der Waals surface area contributed by atoms with E-state index in [1.54, 1.807) is 39.1 Å². The lowest BCUT2D eigenvalue weighted by Crippen LogP contribution is -2.36. The molecular weight excluding hydrogens is 652 g/mol. The molecule has 1 aliphatic rings. The maximum absolute atomic E-state index is 14.2. The van der Waals surface area contributed by atoms with Gasteiger partial charge in [-0.2, -0.15) is 0 Å². The third-order valence-corrected chi connectivity index (χ3v) is 8.92. The van der Waals surface area contributed by atoms with Crippen molar-refractivity contribution < 1.29 is 28.6 Å². The van der Waals surface area contributed by atoms with Crippen LogP contribution in [0.4, 0.5) is 20.7 Å². The molecule has 242 valence electrons. The smallest absolute Gasteiger partial charge is 0.413 e. The van der Waals surface area contributed by atoms with Crippen LogP contribution in [0, 0.1) is 5.82 Å². The minimum atomic E-state index is -1.18. The summed E-state index contributed by atoms with van der Waals surface area (Å²) in [5.74, 6) is -1.52. The van der Waals surface area contributed by atoms with Gasteiger partial charge in [-0.15, -0.1) is 21.5 Å². The zero-order chi connectivity index (χ0) is 33.5. The van der Waals surface area contributed by atoms with Gasteiger partial charge in [0.25, 0.3) is 11.5 Å². The van der Waals surface area contributed by atoms with Crippen molar-refractivity contribution in [2.45, 2.75) is 51.5 Å². The van der Waals surface area contributed by atoms with E-state index in [2.05, 4.69) is 36.1 Å². The number of pyridine rings is 1. The quantitative estimate of drug-likeness (QED) is 0.192. The van der Waals surface area contributed by atoms with Gasteiger partial charge in [0.2, 0.25) is 10.9 Å². The fraction of sp³-hybridized carbons (Fsp3) is 0.267. The molecule has 6 rings (SSSR count). The minimum Gasteiger partial charge on any atom is -0.444 e. The van der Waals surface area contributed by atoms with Crippen molar-refractivity contribution in [3.63, 3.8) is 0 Å². The monoisotopic (exact) mass is 678 g/mol. The first kappa shape index (κ1) is 31.8. The Hall–Kier alpha value is -5.13. The Morgan fingerprint density at radius 1 is 1.09 bits per heavy atom. The molecule has 1 aliphatic heterocycles. The first-order valence-corrected chi connectivity index (χ1v) is 15.8. The molecule has 0 aliphatic carbocycles. The molecule has 0 spiro atoms. The number of carbonyl (C=O) groups is 3. The van der Waals surface area contributed by atoms with Crippen LogP contribution < -0.4 is 21.5 Å². The van der Waals surface area contributed by atoms with Gasteiger partial charge in [-0.1, -0.05) is 23.5 Å². The number of carbonyl (C=O) groups excluding carboxylic acids is 3. The number of hydrogen-bond acceptors (Lipinski definition) is 12. The van der Waals surface area contributed by atoms with Gasteiger partial charge in [-0.05, 0) is 45.0 Å². The first-order chi connectivity index (χ1) is 22.4. The number of halogens is 1. The summed E-state index contributed by atoms with van der Waals surface area (Å²) in [5, 5.41) is 27.0. The Bertz CT molecular complexity index is 2090. The lowest BCUT2D eigenvalue weighted by atomic mass is 10.2. The molecule has 0 saturated carbocycles. The van der Waals surface area contributed by atoms with Crippen LogP contribution >= 0.6 is 22.7 Å². The average molecular weight is 679 g/mol. The van der Waals surface area contributed by atoms with E-state index in [1.165, 1.54) is 29.5 Å². The number of nitrogens with zero attached hydrogens (tertiary/aromatic N) is 5. The highest BCUT2D eigenvalue weighted by atomic mass is 32.1. The zero-order valence-electron chi connectivity index (χ0n) is 25.1. The molecule has 17 heteroatoms. The number of anilines is 2.